The minimum atomic E-state index is -0.173. The van der Waals surface area contributed by atoms with Crippen molar-refractivity contribution in [3.05, 3.63) is 86.2 Å². The molecular weight excluding hydrogens is 502 g/mol. The number of piperazine rings is 1. The maximum atomic E-state index is 12.7. The Morgan fingerprint density at radius 2 is 1.73 bits per heavy atom. The summed E-state index contributed by atoms with van der Waals surface area (Å²) in [5, 5.41) is 5.24. The van der Waals surface area contributed by atoms with Gasteiger partial charge < -0.3 is 4.90 Å². The average molecular weight is 524 g/mol. The molecule has 0 atom stereocenters. The summed E-state index contributed by atoms with van der Waals surface area (Å²) < 4.78 is 2.33. The van der Waals surface area contributed by atoms with Crippen LogP contribution in [-0.4, -0.2) is 56.5 Å². The lowest BCUT2D eigenvalue weighted by atomic mass is 10.2. The molecule has 3 heterocycles. The number of fused-ring (bicyclic) bond motifs is 1. The van der Waals surface area contributed by atoms with Crippen LogP contribution in [0.5, 0.6) is 0 Å². The van der Waals surface area contributed by atoms with E-state index < -0.39 is 0 Å². The highest BCUT2D eigenvalue weighted by molar-refractivity contribution is 9.10. The monoisotopic (exact) mass is 523 g/mol. The minimum Gasteiger partial charge on any atom is -0.336 e. The Balaban J connectivity index is 1.27. The molecule has 2 aromatic heterocycles. The lowest BCUT2D eigenvalue weighted by molar-refractivity contribution is 0.0627. The standard InChI is InChI=1S/C24H22BrN5O2S/c1-16-2-4-17(5-3-16)22-27-30-21(31)14-20(26-24(30)33-22)15-28-10-12-29(13-11-28)23(32)18-6-8-19(25)9-7-18/h2-9,14H,10-13,15H2,1H3. The van der Waals surface area contributed by atoms with Crippen LogP contribution in [-0.2, 0) is 6.54 Å². The Labute approximate surface area is 203 Å². The second-order valence-corrected chi connectivity index (χ2v) is 10.0. The number of carbonyl (C=O) groups excluding carboxylic acids is 1. The van der Waals surface area contributed by atoms with E-state index in [1.807, 2.05) is 60.4 Å². The molecule has 1 amide bonds. The van der Waals surface area contributed by atoms with Crippen LogP contribution in [0.25, 0.3) is 15.5 Å². The van der Waals surface area contributed by atoms with Crippen molar-refractivity contribution in [2.24, 2.45) is 0 Å². The van der Waals surface area contributed by atoms with E-state index in [0.29, 0.717) is 30.2 Å². The summed E-state index contributed by atoms with van der Waals surface area (Å²) in [6.45, 7) is 5.38. The van der Waals surface area contributed by atoms with Crippen LogP contribution in [0.4, 0.5) is 0 Å². The molecule has 5 rings (SSSR count). The highest BCUT2D eigenvalue weighted by atomic mass is 79.9. The van der Waals surface area contributed by atoms with E-state index in [9.17, 15) is 9.59 Å². The van der Waals surface area contributed by atoms with Crippen LogP contribution in [0.15, 0.2) is 63.9 Å². The van der Waals surface area contributed by atoms with E-state index in [-0.39, 0.29) is 11.5 Å². The number of halogens is 1. The quantitative estimate of drug-likeness (QED) is 0.406. The number of aromatic nitrogens is 3. The van der Waals surface area contributed by atoms with Gasteiger partial charge in [-0.2, -0.15) is 9.61 Å². The fraction of sp³-hybridized carbons (Fsp3) is 0.250. The summed E-state index contributed by atoms with van der Waals surface area (Å²) in [5.41, 5.74) is 3.40. The van der Waals surface area contributed by atoms with E-state index in [2.05, 4.69) is 25.9 Å². The highest BCUT2D eigenvalue weighted by Gasteiger charge is 2.23. The zero-order chi connectivity index (χ0) is 22.9. The molecule has 168 valence electrons. The van der Waals surface area contributed by atoms with Crippen molar-refractivity contribution in [2.45, 2.75) is 13.5 Å². The van der Waals surface area contributed by atoms with Gasteiger partial charge in [0.05, 0.1) is 5.69 Å². The van der Waals surface area contributed by atoms with Gasteiger partial charge >= 0.3 is 0 Å². The minimum absolute atomic E-state index is 0.0493. The Bertz CT molecular complexity index is 1360. The smallest absolute Gasteiger partial charge is 0.275 e. The van der Waals surface area contributed by atoms with Crippen LogP contribution < -0.4 is 5.56 Å². The Morgan fingerprint density at radius 1 is 1.03 bits per heavy atom. The van der Waals surface area contributed by atoms with Crippen molar-refractivity contribution in [3.8, 4) is 10.6 Å². The molecular formula is C24H22BrN5O2S. The molecule has 1 fully saturated rings. The number of hydrogen-bond acceptors (Lipinski definition) is 6. The lowest BCUT2D eigenvalue weighted by Crippen LogP contribution is -2.48. The van der Waals surface area contributed by atoms with Crippen molar-refractivity contribution in [3.63, 3.8) is 0 Å². The molecule has 0 N–H and O–H groups in total. The molecule has 1 aliphatic rings. The number of carbonyl (C=O) groups is 1. The van der Waals surface area contributed by atoms with E-state index >= 15 is 0 Å². The van der Waals surface area contributed by atoms with Gasteiger partial charge in [-0.05, 0) is 31.2 Å². The molecule has 0 radical (unpaired) electrons. The molecule has 0 bridgehead atoms. The largest absolute Gasteiger partial charge is 0.336 e. The first-order chi connectivity index (χ1) is 16.0. The van der Waals surface area contributed by atoms with Crippen molar-refractivity contribution < 1.29 is 4.79 Å². The van der Waals surface area contributed by atoms with Gasteiger partial charge in [0.15, 0.2) is 0 Å². The van der Waals surface area contributed by atoms with E-state index in [4.69, 9.17) is 4.98 Å². The van der Waals surface area contributed by atoms with E-state index in [0.717, 1.165) is 33.8 Å². The Kier molecular flexibility index (Phi) is 6.09. The van der Waals surface area contributed by atoms with Crippen LogP contribution in [0.2, 0.25) is 0 Å². The number of amides is 1. The zero-order valence-electron chi connectivity index (χ0n) is 18.1. The first-order valence-electron chi connectivity index (χ1n) is 10.7. The maximum Gasteiger partial charge on any atom is 0.275 e. The molecule has 1 aliphatic heterocycles. The predicted octanol–water partition coefficient (Wildman–Crippen LogP) is 3.85. The van der Waals surface area contributed by atoms with Crippen molar-refractivity contribution >= 4 is 38.1 Å². The fourth-order valence-corrected chi connectivity index (χ4v) is 5.06. The topological polar surface area (TPSA) is 70.8 Å². The van der Waals surface area contributed by atoms with Gasteiger partial charge in [-0.25, -0.2) is 4.98 Å². The van der Waals surface area contributed by atoms with Crippen molar-refractivity contribution in [1.29, 1.82) is 0 Å². The summed E-state index contributed by atoms with van der Waals surface area (Å²) in [6.07, 6.45) is 0. The SMILES string of the molecule is Cc1ccc(-c2nn3c(=O)cc(CN4CCN(C(=O)c5ccc(Br)cc5)CC4)nc3s2)cc1. The molecule has 1 saturated heterocycles. The van der Waals surface area contributed by atoms with E-state index in [1.165, 1.54) is 21.4 Å². The second kappa shape index (κ2) is 9.17. The molecule has 7 nitrogen and oxygen atoms in total. The Hall–Kier alpha value is -2.88. The highest BCUT2D eigenvalue weighted by Crippen LogP contribution is 2.24. The Morgan fingerprint density at radius 3 is 2.42 bits per heavy atom. The van der Waals surface area contributed by atoms with Crippen LogP contribution in [0.3, 0.4) is 0 Å². The fourth-order valence-electron chi connectivity index (χ4n) is 3.86. The van der Waals surface area contributed by atoms with Gasteiger partial charge in [0.1, 0.15) is 5.01 Å². The third-order valence-corrected chi connectivity index (χ3v) is 7.22. The molecule has 4 aromatic rings. The number of hydrogen-bond donors (Lipinski definition) is 0. The van der Waals surface area contributed by atoms with Gasteiger partial charge in [0.2, 0.25) is 4.96 Å². The van der Waals surface area contributed by atoms with Crippen molar-refractivity contribution in [2.75, 3.05) is 26.2 Å². The summed E-state index contributed by atoms with van der Waals surface area (Å²) in [4.78, 5) is 34.8. The number of rotatable bonds is 4. The molecule has 2 aromatic carbocycles. The first-order valence-corrected chi connectivity index (χ1v) is 12.3. The number of benzene rings is 2. The van der Waals surface area contributed by atoms with Crippen molar-refractivity contribution in [1.82, 2.24) is 24.4 Å². The van der Waals surface area contributed by atoms with Gasteiger partial charge in [-0.3, -0.25) is 14.5 Å². The maximum absolute atomic E-state index is 12.7. The molecule has 0 spiro atoms. The lowest BCUT2D eigenvalue weighted by Gasteiger charge is -2.34. The normalized spacial score (nSPS) is 14.7. The van der Waals surface area contributed by atoms with Crippen LogP contribution >= 0.6 is 27.3 Å². The van der Waals surface area contributed by atoms with Gasteiger partial charge in [-0.15, -0.1) is 0 Å². The van der Waals surface area contributed by atoms with Crippen LogP contribution in [0, 0.1) is 6.92 Å². The summed E-state index contributed by atoms with van der Waals surface area (Å²) in [7, 11) is 0. The molecule has 0 unspecified atom stereocenters. The van der Waals surface area contributed by atoms with Gasteiger partial charge in [0, 0.05) is 54.4 Å². The molecule has 9 heteroatoms. The van der Waals surface area contributed by atoms with Gasteiger partial charge in [-0.1, -0.05) is 57.1 Å². The summed E-state index contributed by atoms with van der Waals surface area (Å²) in [6, 6.07) is 17.1. The molecule has 0 saturated carbocycles. The molecule has 0 aliphatic carbocycles. The predicted molar refractivity (Wildman–Crippen MR) is 133 cm³/mol. The molecule has 33 heavy (non-hydrogen) atoms. The number of nitrogens with zero attached hydrogens (tertiary/aromatic N) is 5. The number of aryl methyl sites for hydroxylation is 1. The second-order valence-electron chi connectivity index (χ2n) is 8.13. The third kappa shape index (κ3) is 4.75. The van der Waals surface area contributed by atoms with E-state index in [1.54, 1.807) is 6.07 Å². The van der Waals surface area contributed by atoms with Crippen LogP contribution in [0.1, 0.15) is 21.6 Å². The average Bonchev–Trinajstić information content (AvgIpc) is 3.25. The summed E-state index contributed by atoms with van der Waals surface area (Å²) in [5.74, 6) is 0.0493. The van der Waals surface area contributed by atoms with Gasteiger partial charge in [0.25, 0.3) is 11.5 Å². The summed E-state index contributed by atoms with van der Waals surface area (Å²) >= 11 is 4.82. The zero-order valence-corrected chi connectivity index (χ0v) is 20.5. The first kappa shape index (κ1) is 21.9. The third-order valence-electron chi connectivity index (χ3n) is 5.73.